The van der Waals surface area contributed by atoms with Crippen LogP contribution in [0.5, 0.6) is 0 Å². The van der Waals surface area contributed by atoms with Gasteiger partial charge in [-0.25, -0.2) is 0 Å². The normalized spacial score (nSPS) is 41.8. The molecule has 104 valence electrons. The summed E-state index contributed by atoms with van der Waals surface area (Å²) in [7, 11) is 0. The number of carbonyl (C=O) groups is 1. The smallest absolute Gasteiger partial charge is 0.226 e. The maximum Gasteiger partial charge on any atom is 0.226 e. The van der Waals surface area contributed by atoms with E-state index in [0.717, 1.165) is 32.1 Å². The molecule has 2 fully saturated rings. The summed E-state index contributed by atoms with van der Waals surface area (Å²) in [4.78, 5) is 14.9. The van der Waals surface area contributed by atoms with Gasteiger partial charge in [0.05, 0.1) is 0 Å². The van der Waals surface area contributed by atoms with Crippen molar-refractivity contribution in [2.24, 2.45) is 17.6 Å². The van der Waals surface area contributed by atoms with E-state index in [4.69, 9.17) is 5.73 Å². The second kappa shape index (κ2) is 5.60. The van der Waals surface area contributed by atoms with Crippen LogP contribution in [0, 0.1) is 11.8 Å². The van der Waals surface area contributed by atoms with Crippen LogP contribution in [-0.4, -0.2) is 28.9 Å². The molecule has 1 saturated heterocycles. The van der Waals surface area contributed by atoms with Crippen LogP contribution < -0.4 is 5.73 Å². The molecule has 0 aromatic heterocycles. The molecule has 1 aliphatic carbocycles. The Kier molecular flexibility index (Phi) is 4.31. The maximum atomic E-state index is 12.7. The largest absolute Gasteiger partial charge is 0.337 e. The van der Waals surface area contributed by atoms with Gasteiger partial charge in [0, 0.05) is 24.0 Å². The van der Waals surface area contributed by atoms with Gasteiger partial charge in [-0.1, -0.05) is 6.92 Å². The third-order valence-electron chi connectivity index (χ3n) is 4.78. The van der Waals surface area contributed by atoms with Crippen LogP contribution in [0.15, 0.2) is 0 Å². The lowest BCUT2D eigenvalue weighted by atomic mass is 9.78. The van der Waals surface area contributed by atoms with E-state index in [1.54, 1.807) is 0 Å². The first-order valence-electron chi connectivity index (χ1n) is 7.56. The number of amides is 1. The number of likely N-dealkylation sites (tertiary alicyclic amines) is 1. The Balaban J connectivity index is 2.05. The molecule has 1 saturated carbocycles. The number of hydrogen-bond acceptors (Lipinski definition) is 2. The minimum Gasteiger partial charge on any atom is -0.337 e. The Hall–Kier alpha value is -0.570. The van der Waals surface area contributed by atoms with Crippen LogP contribution in [0.1, 0.15) is 59.3 Å². The third kappa shape index (κ3) is 2.87. The van der Waals surface area contributed by atoms with Crippen LogP contribution in [0.4, 0.5) is 0 Å². The van der Waals surface area contributed by atoms with Gasteiger partial charge in [-0.15, -0.1) is 0 Å². The van der Waals surface area contributed by atoms with Crippen LogP contribution >= 0.6 is 0 Å². The van der Waals surface area contributed by atoms with Gasteiger partial charge >= 0.3 is 0 Å². The number of piperidine rings is 1. The Morgan fingerprint density at radius 1 is 1.06 bits per heavy atom. The molecular formula is C15H28N2O. The average Bonchev–Trinajstić information content (AvgIpc) is 2.27. The van der Waals surface area contributed by atoms with Crippen molar-refractivity contribution >= 4 is 5.91 Å². The molecule has 3 nitrogen and oxygen atoms in total. The zero-order valence-corrected chi connectivity index (χ0v) is 12.1. The summed E-state index contributed by atoms with van der Waals surface area (Å²) >= 11 is 0. The fraction of sp³-hybridized carbons (Fsp3) is 0.933. The molecule has 0 bridgehead atoms. The fourth-order valence-electron chi connectivity index (χ4n) is 3.92. The number of hydrogen-bond donors (Lipinski definition) is 1. The quantitative estimate of drug-likeness (QED) is 0.779. The van der Waals surface area contributed by atoms with Crippen LogP contribution in [-0.2, 0) is 4.79 Å². The van der Waals surface area contributed by atoms with E-state index in [9.17, 15) is 4.79 Å². The second-order valence-corrected chi connectivity index (χ2v) is 6.64. The number of rotatable bonds is 1. The SMILES string of the molecule is CC1CC(N)CC(C(=O)N2[C@H](C)CCC[C@@H]2C)C1. The minimum atomic E-state index is 0.173. The highest BCUT2D eigenvalue weighted by molar-refractivity contribution is 5.79. The van der Waals surface area contributed by atoms with Crippen molar-refractivity contribution in [3.05, 3.63) is 0 Å². The van der Waals surface area contributed by atoms with Crippen LogP contribution in [0.3, 0.4) is 0 Å². The Labute approximate surface area is 111 Å². The summed E-state index contributed by atoms with van der Waals surface area (Å²) in [6.07, 6.45) is 6.57. The van der Waals surface area contributed by atoms with Crippen molar-refractivity contribution in [3.63, 3.8) is 0 Å². The standard InChI is InChI=1S/C15H28N2O/c1-10-7-13(9-14(16)8-10)15(18)17-11(2)5-4-6-12(17)3/h10-14H,4-9,16H2,1-3H3/t10?,11-,12+,13?,14?. The lowest BCUT2D eigenvalue weighted by Crippen LogP contribution is -2.51. The van der Waals surface area contributed by atoms with E-state index >= 15 is 0 Å². The van der Waals surface area contributed by atoms with Crippen molar-refractivity contribution in [2.45, 2.75) is 77.4 Å². The van der Waals surface area contributed by atoms with Crippen molar-refractivity contribution in [3.8, 4) is 0 Å². The topological polar surface area (TPSA) is 46.3 Å². The van der Waals surface area contributed by atoms with Crippen LogP contribution in [0.2, 0.25) is 0 Å². The van der Waals surface area contributed by atoms with E-state index in [2.05, 4.69) is 25.7 Å². The molecular weight excluding hydrogens is 224 g/mol. The van der Waals surface area contributed by atoms with Gasteiger partial charge in [0.1, 0.15) is 0 Å². The number of nitrogens with zero attached hydrogens (tertiary/aromatic N) is 1. The molecule has 2 rings (SSSR count). The average molecular weight is 252 g/mol. The van der Waals surface area contributed by atoms with Crippen LogP contribution in [0.25, 0.3) is 0 Å². The van der Waals surface area contributed by atoms with Crippen molar-refractivity contribution in [1.29, 1.82) is 0 Å². The maximum absolute atomic E-state index is 12.7. The molecule has 0 radical (unpaired) electrons. The highest BCUT2D eigenvalue weighted by Crippen LogP contribution is 2.32. The van der Waals surface area contributed by atoms with E-state index in [0.29, 0.717) is 23.9 Å². The molecule has 0 aromatic carbocycles. The monoisotopic (exact) mass is 252 g/mol. The van der Waals surface area contributed by atoms with Gasteiger partial charge in [0.15, 0.2) is 0 Å². The Morgan fingerprint density at radius 2 is 1.67 bits per heavy atom. The van der Waals surface area contributed by atoms with Gasteiger partial charge in [-0.05, 0) is 58.3 Å². The summed E-state index contributed by atoms with van der Waals surface area (Å²) < 4.78 is 0. The first-order valence-corrected chi connectivity index (χ1v) is 7.56. The van der Waals surface area contributed by atoms with E-state index < -0.39 is 0 Å². The molecule has 1 heterocycles. The van der Waals surface area contributed by atoms with Gasteiger partial charge in [-0.3, -0.25) is 4.79 Å². The highest BCUT2D eigenvalue weighted by Gasteiger charge is 2.36. The molecule has 18 heavy (non-hydrogen) atoms. The molecule has 0 aromatic rings. The molecule has 3 unspecified atom stereocenters. The summed E-state index contributed by atoms with van der Waals surface area (Å²) in [5.74, 6) is 1.14. The lowest BCUT2D eigenvalue weighted by molar-refractivity contribution is -0.143. The predicted octanol–water partition coefficient (Wildman–Crippen LogP) is 2.54. The summed E-state index contributed by atoms with van der Waals surface area (Å²) in [5.41, 5.74) is 6.08. The first-order chi connectivity index (χ1) is 8.49. The van der Waals surface area contributed by atoms with Gasteiger partial charge in [0.2, 0.25) is 5.91 Å². The third-order valence-corrected chi connectivity index (χ3v) is 4.78. The Morgan fingerprint density at radius 3 is 2.22 bits per heavy atom. The summed E-state index contributed by atoms with van der Waals surface area (Å²) in [6, 6.07) is 1.04. The Bertz CT molecular complexity index is 285. The minimum absolute atomic E-state index is 0.173. The number of carbonyl (C=O) groups excluding carboxylic acids is 1. The van der Waals surface area contributed by atoms with Gasteiger partial charge in [-0.2, -0.15) is 0 Å². The zero-order valence-electron chi connectivity index (χ0n) is 12.1. The molecule has 5 atom stereocenters. The van der Waals surface area contributed by atoms with Crippen molar-refractivity contribution in [2.75, 3.05) is 0 Å². The lowest BCUT2D eigenvalue weighted by Gasteiger charge is -2.42. The molecule has 3 heteroatoms. The highest BCUT2D eigenvalue weighted by atomic mass is 16.2. The fourth-order valence-corrected chi connectivity index (χ4v) is 3.92. The van der Waals surface area contributed by atoms with E-state index in [-0.39, 0.29) is 12.0 Å². The predicted molar refractivity (Wildman–Crippen MR) is 74.1 cm³/mol. The molecule has 1 aliphatic heterocycles. The molecule has 1 amide bonds. The zero-order chi connectivity index (χ0) is 13.3. The molecule has 2 aliphatic rings. The first kappa shape index (κ1) is 13.9. The van der Waals surface area contributed by atoms with Crippen molar-refractivity contribution in [1.82, 2.24) is 4.90 Å². The van der Waals surface area contributed by atoms with E-state index in [1.807, 2.05) is 0 Å². The second-order valence-electron chi connectivity index (χ2n) is 6.64. The molecule has 2 N–H and O–H groups in total. The van der Waals surface area contributed by atoms with Gasteiger partial charge in [0.25, 0.3) is 0 Å². The van der Waals surface area contributed by atoms with E-state index in [1.165, 1.54) is 6.42 Å². The summed E-state index contributed by atoms with van der Waals surface area (Å²) in [6.45, 7) is 6.61. The summed E-state index contributed by atoms with van der Waals surface area (Å²) in [5, 5.41) is 0. The molecule has 0 spiro atoms. The number of nitrogens with two attached hydrogens (primary N) is 1. The van der Waals surface area contributed by atoms with Gasteiger partial charge < -0.3 is 10.6 Å². The van der Waals surface area contributed by atoms with Crippen molar-refractivity contribution < 1.29 is 4.79 Å².